The Hall–Kier alpha value is 0.310. The molecule has 4 heavy (non-hydrogen) atoms. The molecule has 0 radical (unpaired) electrons. The van der Waals surface area contributed by atoms with Crippen LogP contribution in [0.3, 0.4) is 0 Å². The van der Waals surface area contributed by atoms with Crippen LogP contribution in [0.15, 0.2) is 0 Å². The molecule has 0 unspecified atom stereocenters. The van der Waals surface area contributed by atoms with Crippen molar-refractivity contribution in [3.05, 3.63) is 0 Å². The Bertz CT molecular complexity index is 10.8. The van der Waals surface area contributed by atoms with Gasteiger partial charge in [0, 0.05) is 13.1 Å². The Morgan fingerprint density at radius 3 is 1.50 bits per heavy atom. The second kappa shape index (κ2) is 1.61. The third kappa shape index (κ3) is 2.31. The summed E-state index contributed by atoms with van der Waals surface area (Å²) in [4.78, 5) is 0. The molecule has 1 fully saturated rings. The van der Waals surface area contributed by atoms with Gasteiger partial charge in [0.15, 0.2) is 0 Å². The van der Waals surface area contributed by atoms with Crippen LogP contribution in [0, 0.1) is 0 Å². The van der Waals surface area contributed by atoms with Crippen LogP contribution in [0.5, 0.6) is 0 Å². The van der Waals surface area contributed by atoms with Crippen LogP contribution in [0.2, 0.25) is 0 Å². The maximum Gasteiger partial charge on any atom is 0.00772 e. The summed E-state index contributed by atoms with van der Waals surface area (Å²) in [6.45, 7) is 2.50. The Labute approximate surface area is 32.8 Å². The summed E-state index contributed by atoms with van der Waals surface area (Å²) in [6.07, 6.45) is 0. The predicted octanol–water partition coefficient (Wildman–Crippen LogP) is -0.298. The standard InChI is InChI=1S/C2H5N.H2S/c1-2-3-1;/h3H,1-2H2;1H2. The second-order valence-electron chi connectivity index (χ2n) is 0.750. The van der Waals surface area contributed by atoms with Crippen LogP contribution < -0.4 is 5.32 Å². The van der Waals surface area contributed by atoms with Crippen LogP contribution in [0.4, 0.5) is 0 Å². The fourth-order valence-electron chi connectivity index (χ4n) is 0. The van der Waals surface area contributed by atoms with Crippen molar-refractivity contribution in [2.24, 2.45) is 0 Å². The van der Waals surface area contributed by atoms with E-state index < -0.39 is 0 Å². The summed E-state index contributed by atoms with van der Waals surface area (Å²) in [5, 5.41) is 3.00. The average molecular weight is 77.2 g/mol. The zero-order valence-corrected chi connectivity index (χ0v) is 3.41. The van der Waals surface area contributed by atoms with E-state index >= 15 is 0 Å². The van der Waals surface area contributed by atoms with Crippen LogP contribution in [-0.2, 0) is 0 Å². The van der Waals surface area contributed by atoms with Gasteiger partial charge in [-0.3, -0.25) is 0 Å². The highest BCUT2D eigenvalue weighted by atomic mass is 32.1. The Morgan fingerprint density at radius 1 is 1.25 bits per heavy atom. The molecule has 0 amide bonds. The van der Waals surface area contributed by atoms with Crippen LogP contribution in [0.25, 0.3) is 0 Å². The molecule has 1 rings (SSSR count). The van der Waals surface area contributed by atoms with E-state index in [9.17, 15) is 0 Å². The van der Waals surface area contributed by atoms with Crippen LogP contribution >= 0.6 is 13.5 Å². The highest BCUT2D eigenvalue weighted by Gasteiger charge is 1.91. The van der Waals surface area contributed by atoms with Crippen molar-refractivity contribution in [3.63, 3.8) is 0 Å². The molecule has 0 aromatic carbocycles. The van der Waals surface area contributed by atoms with E-state index in [2.05, 4.69) is 5.32 Å². The van der Waals surface area contributed by atoms with E-state index in [0.717, 1.165) is 0 Å². The maximum atomic E-state index is 3.00. The normalized spacial score (nSPS) is 18.0. The lowest BCUT2D eigenvalue weighted by Crippen LogP contribution is -1.56. The van der Waals surface area contributed by atoms with Crippen molar-refractivity contribution in [3.8, 4) is 0 Å². The molecular weight excluding hydrogens is 70.1 g/mol. The molecule has 0 bridgehead atoms. The van der Waals surface area contributed by atoms with Crippen molar-refractivity contribution in [2.45, 2.75) is 0 Å². The third-order valence-corrected chi connectivity index (χ3v) is 0.250. The number of hydrogen-bond donors (Lipinski definition) is 1. The lowest BCUT2D eigenvalue weighted by atomic mass is 11.0. The SMILES string of the molecule is C1CN1.S. The summed E-state index contributed by atoms with van der Waals surface area (Å²) >= 11 is 0. The van der Waals surface area contributed by atoms with Crippen molar-refractivity contribution >= 4 is 13.5 Å². The Kier molecular flexibility index (Phi) is 1.74. The van der Waals surface area contributed by atoms with E-state index in [1.54, 1.807) is 0 Å². The third-order valence-electron chi connectivity index (χ3n) is 0.250. The van der Waals surface area contributed by atoms with Gasteiger partial charge < -0.3 is 5.32 Å². The first kappa shape index (κ1) is 4.31. The van der Waals surface area contributed by atoms with Gasteiger partial charge in [-0.15, -0.1) is 0 Å². The van der Waals surface area contributed by atoms with Gasteiger partial charge in [-0.2, -0.15) is 13.5 Å². The van der Waals surface area contributed by atoms with Crippen molar-refractivity contribution < 1.29 is 0 Å². The molecule has 1 aliphatic rings. The highest BCUT2D eigenvalue weighted by Crippen LogP contribution is 1.65. The van der Waals surface area contributed by atoms with E-state index in [1.807, 2.05) is 0 Å². The molecule has 0 aromatic heterocycles. The highest BCUT2D eigenvalue weighted by molar-refractivity contribution is 7.59. The molecule has 26 valence electrons. The topological polar surface area (TPSA) is 21.9 Å². The fraction of sp³-hybridized carbons (Fsp3) is 1.00. The average Bonchev–Trinajstić information content (AvgIpc) is 1.46. The summed E-state index contributed by atoms with van der Waals surface area (Å²) in [5.74, 6) is 0. The van der Waals surface area contributed by atoms with Crippen molar-refractivity contribution in [2.75, 3.05) is 13.1 Å². The number of hydrogen-bond acceptors (Lipinski definition) is 1. The summed E-state index contributed by atoms with van der Waals surface area (Å²) < 4.78 is 0. The van der Waals surface area contributed by atoms with E-state index in [4.69, 9.17) is 0 Å². The summed E-state index contributed by atoms with van der Waals surface area (Å²) in [6, 6.07) is 0. The molecule has 1 saturated heterocycles. The molecule has 0 atom stereocenters. The molecule has 1 heterocycles. The predicted molar refractivity (Wildman–Crippen MR) is 23.3 cm³/mol. The molecule has 1 N–H and O–H groups in total. The molecule has 0 aliphatic carbocycles. The lowest BCUT2D eigenvalue weighted by molar-refractivity contribution is 1.34. The van der Waals surface area contributed by atoms with Gasteiger partial charge in [-0.25, -0.2) is 0 Å². The zero-order chi connectivity index (χ0) is 2.12. The first-order chi connectivity index (χ1) is 1.50. The lowest BCUT2D eigenvalue weighted by Gasteiger charge is -1.21. The Balaban J connectivity index is 0.0000000900. The summed E-state index contributed by atoms with van der Waals surface area (Å²) in [5.41, 5.74) is 0. The van der Waals surface area contributed by atoms with Gasteiger partial charge in [0.25, 0.3) is 0 Å². The molecule has 1 nitrogen and oxygen atoms in total. The van der Waals surface area contributed by atoms with Crippen molar-refractivity contribution in [1.29, 1.82) is 0 Å². The van der Waals surface area contributed by atoms with Gasteiger partial charge >= 0.3 is 0 Å². The smallest absolute Gasteiger partial charge is 0.00772 e. The van der Waals surface area contributed by atoms with Gasteiger partial charge in [0.2, 0.25) is 0 Å². The number of nitrogens with one attached hydrogen (secondary N) is 1. The van der Waals surface area contributed by atoms with Gasteiger partial charge in [0.05, 0.1) is 0 Å². The first-order valence-electron chi connectivity index (χ1n) is 1.21. The molecular formula is C2H7NS. The fourth-order valence-corrected chi connectivity index (χ4v) is 0. The van der Waals surface area contributed by atoms with Gasteiger partial charge in [0.1, 0.15) is 0 Å². The minimum atomic E-state index is 0. The molecule has 2 heteroatoms. The maximum absolute atomic E-state index is 3.00. The minimum Gasteiger partial charge on any atom is -0.314 e. The zero-order valence-electron chi connectivity index (χ0n) is 2.41. The monoisotopic (exact) mass is 77.0 g/mol. The van der Waals surface area contributed by atoms with E-state index in [0.29, 0.717) is 0 Å². The van der Waals surface area contributed by atoms with E-state index in [-0.39, 0.29) is 13.5 Å². The Morgan fingerprint density at radius 2 is 1.50 bits per heavy atom. The van der Waals surface area contributed by atoms with Crippen molar-refractivity contribution in [1.82, 2.24) is 5.32 Å². The molecule has 0 spiro atoms. The molecule has 0 saturated carbocycles. The van der Waals surface area contributed by atoms with Gasteiger partial charge in [-0.1, -0.05) is 0 Å². The second-order valence-corrected chi connectivity index (χ2v) is 0.750. The largest absolute Gasteiger partial charge is 0.314 e. The number of rotatable bonds is 0. The van der Waals surface area contributed by atoms with E-state index in [1.165, 1.54) is 13.1 Å². The minimum absolute atomic E-state index is 0. The molecule has 1 aliphatic heterocycles. The summed E-state index contributed by atoms with van der Waals surface area (Å²) in [7, 11) is 0. The molecule has 0 aromatic rings. The van der Waals surface area contributed by atoms with Gasteiger partial charge in [-0.05, 0) is 0 Å². The first-order valence-corrected chi connectivity index (χ1v) is 1.21. The van der Waals surface area contributed by atoms with Crippen LogP contribution in [-0.4, -0.2) is 13.1 Å². The van der Waals surface area contributed by atoms with Crippen LogP contribution in [0.1, 0.15) is 0 Å². The quantitative estimate of drug-likeness (QED) is 0.394.